The van der Waals surface area contributed by atoms with Crippen molar-refractivity contribution in [1.29, 1.82) is 0 Å². The second-order valence-electron chi connectivity index (χ2n) is 9.70. The van der Waals surface area contributed by atoms with E-state index in [2.05, 4.69) is 51.8 Å². The molecule has 0 aromatic carbocycles. The summed E-state index contributed by atoms with van der Waals surface area (Å²) >= 11 is 0. The Bertz CT molecular complexity index is 513. The van der Waals surface area contributed by atoms with Crippen molar-refractivity contribution in [2.45, 2.75) is 92.3 Å². The first-order valence-electron chi connectivity index (χ1n) is 11.0. The summed E-state index contributed by atoms with van der Waals surface area (Å²) in [6, 6.07) is 0. The topological polar surface area (TPSA) is 77.3 Å². The highest BCUT2D eigenvalue weighted by Gasteiger charge is 2.35. The fourth-order valence-corrected chi connectivity index (χ4v) is 4.89. The molecule has 6 nitrogen and oxygen atoms in total. The van der Waals surface area contributed by atoms with Gasteiger partial charge in [-0.15, -0.1) is 0 Å². The van der Waals surface area contributed by atoms with Crippen LogP contribution in [0.5, 0.6) is 0 Å². The van der Waals surface area contributed by atoms with Crippen molar-refractivity contribution in [2.75, 3.05) is 0 Å². The van der Waals surface area contributed by atoms with Gasteiger partial charge >= 0.3 is 12.2 Å². The highest BCUT2D eigenvalue weighted by Crippen LogP contribution is 2.36. The Morgan fingerprint density at radius 2 is 1.07 bits per heavy atom. The van der Waals surface area contributed by atoms with E-state index in [4.69, 9.17) is 9.47 Å². The van der Waals surface area contributed by atoms with Crippen molar-refractivity contribution in [2.24, 2.45) is 45.7 Å². The van der Waals surface area contributed by atoms with Crippen molar-refractivity contribution in [3.05, 3.63) is 0 Å². The first kappa shape index (κ1) is 22.8. The molecule has 0 aromatic rings. The van der Waals surface area contributed by atoms with E-state index >= 15 is 0 Å². The average molecular weight is 395 g/mol. The standard InChI is InChI=1S/C22H38N2O4/c1-13(2)17-9-7-15(5)11-19(17)27-21(25)23-24-22(26)28-20-12-16(6)8-10-18(20)14(3)4/h13-20H,7-12H2,1-6H3/b24-23+/t15-,16-,17+,18+,19-,20-/m1/s1. The van der Waals surface area contributed by atoms with Crippen LogP contribution in [0.2, 0.25) is 0 Å². The van der Waals surface area contributed by atoms with Gasteiger partial charge in [0, 0.05) is 0 Å². The van der Waals surface area contributed by atoms with Gasteiger partial charge < -0.3 is 9.47 Å². The lowest BCUT2D eigenvalue weighted by Crippen LogP contribution is -2.35. The highest BCUT2D eigenvalue weighted by atomic mass is 16.6. The highest BCUT2D eigenvalue weighted by molar-refractivity contribution is 5.73. The Morgan fingerprint density at radius 3 is 1.39 bits per heavy atom. The van der Waals surface area contributed by atoms with Crippen LogP contribution in [0.25, 0.3) is 0 Å². The third kappa shape index (κ3) is 6.56. The van der Waals surface area contributed by atoms with E-state index in [1.807, 2.05) is 0 Å². The molecule has 0 aliphatic heterocycles. The van der Waals surface area contributed by atoms with Gasteiger partial charge in [-0.25, -0.2) is 9.59 Å². The molecule has 2 rings (SSSR count). The third-order valence-electron chi connectivity index (χ3n) is 6.64. The summed E-state index contributed by atoms with van der Waals surface area (Å²) in [4.78, 5) is 24.2. The van der Waals surface area contributed by atoms with Crippen LogP contribution in [-0.2, 0) is 9.47 Å². The van der Waals surface area contributed by atoms with Gasteiger partial charge in [-0.05, 0) is 61.2 Å². The molecule has 2 amide bonds. The molecule has 0 unspecified atom stereocenters. The van der Waals surface area contributed by atoms with Gasteiger partial charge in [0.15, 0.2) is 0 Å². The molecular weight excluding hydrogens is 356 g/mol. The summed E-state index contributed by atoms with van der Waals surface area (Å²) in [5.41, 5.74) is 0. The van der Waals surface area contributed by atoms with Crippen LogP contribution in [0.1, 0.15) is 80.1 Å². The smallest absolute Gasteiger partial charge is 0.443 e. The van der Waals surface area contributed by atoms with Gasteiger partial charge in [-0.1, -0.05) is 64.6 Å². The predicted molar refractivity (Wildman–Crippen MR) is 108 cm³/mol. The van der Waals surface area contributed by atoms with Crippen LogP contribution in [0.15, 0.2) is 10.2 Å². The van der Waals surface area contributed by atoms with Crippen molar-refractivity contribution in [3.63, 3.8) is 0 Å². The molecular formula is C22H38N2O4. The summed E-state index contributed by atoms with van der Waals surface area (Å²) in [7, 11) is 0. The van der Waals surface area contributed by atoms with Crippen LogP contribution in [0.3, 0.4) is 0 Å². The molecule has 0 radical (unpaired) electrons. The molecule has 160 valence electrons. The fourth-order valence-electron chi connectivity index (χ4n) is 4.89. The summed E-state index contributed by atoms with van der Waals surface area (Å²) in [5.74, 6) is 2.59. The first-order chi connectivity index (χ1) is 13.2. The summed E-state index contributed by atoms with van der Waals surface area (Å²) in [6.45, 7) is 12.9. The number of nitrogens with zero attached hydrogens (tertiary/aromatic N) is 2. The largest absolute Gasteiger partial charge is 0.452 e. The fraction of sp³-hybridized carbons (Fsp3) is 0.909. The maximum Gasteiger partial charge on any atom is 0.452 e. The van der Waals surface area contributed by atoms with Crippen molar-refractivity contribution in [3.8, 4) is 0 Å². The van der Waals surface area contributed by atoms with Gasteiger partial charge in [-0.3, -0.25) is 0 Å². The van der Waals surface area contributed by atoms with E-state index in [0.717, 1.165) is 38.5 Å². The quantitative estimate of drug-likeness (QED) is 0.501. The van der Waals surface area contributed by atoms with Gasteiger partial charge in [0.2, 0.25) is 0 Å². The van der Waals surface area contributed by atoms with Crippen LogP contribution < -0.4 is 0 Å². The summed E-state index contributed by atoms with van der Waals surface area (Å²) in [6.07, 6.45) is 4.18. The SMILES string of the molecule is CC(C)[C@@H]1CC[C@@H](C)C[C@H]1OC(=O)/N=N/C(=O)O[C@@H]1C[C@H](C)CC[C@H]1C(C)C. The number of ether oxygens (including phenoxy) is 2. The second-order valence-corrected chi connectivity index (χ2v) is 9.70. The molecule has 6 atom stereocenters. The van der Waals surface area contributed by atoms with Gasteiger partial charge in [0.05, 0.1) is 0 Å². The molecule has 2 fully saturated rings. The van der Waals surface area contributed by atoms with Crippen LogP contribution in [0.4, 0.5) is 9.59 Å². The van der Waals surface area contributed by atoms with Gasteiger partial charge in [0.25, 0.3) is 0 Å². The summed E-state index contributed by atoms with van der Waals surface area (Å²) in [5, 5.41) is 6.96. The predicted octanol–water partition coefficient (Wildman–Crippen LogP) is 6.63. The lowest BCUT2D eigenvalue weighted by Gasteiger charge is -2.36. The van der Waals surface area contributed by atoms with E-state index in [-0.39, 0.29) is 12.2 Å². The zero-order valence-electron chi connectivity index (χ0n) is 18.4. The minimum Gasteiger partial charge on any atom is -0.443 e. The van der Waals surface area contributed by atoms with Crippen LogP contribution >= 0.6 is 0 Å². The Labute approximate surface area is 169 Å². The Hall–Kier alpha value is -1.46. The molecule has 28 heavy (non-hydrogen) atoms. The molecule has 0 heterocycles. The molecule has 2 aliphatic rings. The van der Waals surface area contributed by atoms with Crippen molar-refractivity contribution in [1.82, 2.24) is 0 Å². The zero-order valence-corrected chi connectivity index (χ0v) is 18.4. The minimum atomic E-state index is -0.792. The number of azo groups is 1. The van der Waals surface area contributed by atoms with E-state index in [0.29, 0.717) is 35.5 Å². The molecule has 6 heteroatoms. The molecule has 2 saturated carbocycles. The maximum atomic E-state index is 12.1. The normalized spacial score (nSPS) is 34.0. The van der Waals surface area contributed by atoms with Gasteiger partial charge in [0.1, 0.15) is 12.2 Å². The van der Waals surface area contributed by atoms with Crippen molar-refractivity contribution >= 4 is 12.2 Å². The number of rotatable bonds is 4. The van der Waals surface area contributed by atoms with Crippen LogP contribution in [0, 0.1) is 35.5 Å². The number of carbonyl (C=O) groups is 2. The lowest BCUT2D eigenvalue weighted by atomic mass is 9.75. The van der Waals surface area contributed by atoms with Gasteiger partial charge in [-0.2, -0.15) is 0 Å². The number of hydrogen-bond acceptors (Lipinski definition) is 4. The van der Waals surface area contributed by atoms with E-state index in [1.54, 1.807) is 0 Å². The Balaban J connectivity index is 1.89. The van der Waals surface area contributed by atoms with Crippen LogP contribution in [-0.4, -0.2) is 24.4 Å². The van der Waals surface area contributed by atoms with E-state index in [1.165, 1.54) is 0 Å². The Morgan fingerprint density at radius 1 is 0.714 bits per heavy atom. The average Bonchev–Trinajstić information content (AvgIpc) is 2.59. The molecule has 0 N–H and O–H groups in total. The van der Waals surface area contributed by atoms with E-state index < -0.39 is 12.2 Å². The number of carbonyl (C=O) groups excluding carboxylic acids is 2. The second kappa shape index (κ2) is 10.4. The molecule has 0 bridgehead atoms. The lowest BCUT2D eigenvalue weighted by molar-refractivity contribution is 0.00559. The zero-order chi connectivity index (χ0) is 20.8. The number of hydrogen-bond donors (Lipinski definition) is 0. The molecule has 0 saturated heterocycles. The Kier molecular flexibility index (Phi) is 8.44. The molecule has 0 spiro atoms. The minimum absolute atomic E-state index is 0.157. The third-order valence-corrected chi connectivity index (χ3v) is 6.64. The van der Waals surface area contributed by atoms with Crippen molar-refractivity contribution < 1.29 is 19.1 Å². The summed E-state index contributed by atoms with van der Waals surface area (Å²) < 4.78 is 11.1. The molecule has 0 aromatic heterocycles. The van der Waals surface area contributed by atoms with E-state index in [9.17, 15) is 9.59 Å². The monoisotopic (exact) mass is 394 g/mol. The first-order valence-corrected chi connectivity index (χ1v) is 11.0. The maximum absolute atomic E-state index is 12.1. The number of amides is 2. The molecule has 2 aliphatic carbocycles.